The minimum atomic E-state index is -0.712. The number of nitrogens with zero attached hydrogens (tertiary/aromatic N) is 4. The summed E-state index contributed by atoms with van der Waals surface area (Å²) in [5.74, 6) is 0. The van der Waals surface area contributed by atoms with Gasteiger partial charge in [-0.15, -0.1) is 5.10 Å². The third-order valence-electron chi connectivity index (χ3n) is 1.95. The number of aryl methyl sites for hydroxylation is 2. The van der Waals surface area contributed by atoms with Crippen LogP contribution < -0.4 is 0 Å². The van der Waals surface area contributed by atoms with Gasteiger partial charge in [0.25, 0.3) is 0 Å². The van der Waals surface area contributed by atoms with Crippen molar-refractivity contribution in [1.29, 1.82) is 0 Å². The summed E-state index contributed by atoms with van der Waals surface area (Å²) in [7, 11) is 1.81. The fourth-order valence-electron chi connectivity index (χ4n) is 1.20. The Bertz CT molecular complexity index is 436. The Morgan fingerprint density at radius 2 is 2.36 bits per heavy atom. The molecule has 1 unspecified atom stereocenters. The minimum Gasteiger partial charge on any atom is -0.381 e. The van der Waals surface area contributed by atoms with Gasteiger partial charge in [0, 0.05) is 13.2 Å². The van der Waals surface area contributed by atoms with Gasteiger partial charge in [-0.3, -0.25) is 4.68 Å². The van der Waals surface area contributed by atoms with E-state index in [0.717, 1.165) is 10.6 Å². The summed E-state index contributed by atoms with van der Waals surface area (Å²) < 4.78 is 5.43. The van der Waals surface area contributed by atoms with E-state index in [4.69, 9.17) is 0 Å². The zero-order valence-electron chi connectivity index (χ0n) is 7.88. The molecule has 0 aromatic carbocycles. The summed E-state index contributed by atoms with van der Waals surface area (Å²) in [6.07, 6.45) is 1.08. The van der Waals surface area contributed by atoms with Crippen molar-refractivity contribution in [3.63, 3.8) is 0 Å². The molecule has 74 valence electrons. The molecular formula is C8H10N4OS. The van der Waals surface area contributed by atoms with Crippen LogP contribution in [-0.2, 0) is 7.05 Å². The smallest absolute Gasteiger partial charge is 0.135 e. The third-order valence-corrected chi connectivity index (χ3v) is 2.83. The molecule has 0 aliphatic carbocycles. The Balaban J connectivity index is 2.33. The molecule has 0 saturated carbocycles. The van der Waals surface area contributed by atoms with Gasteiger partial charge in [0.15, 0.2) is 0 Å². The summed E-state index contributed by atoms with van der Waals surface area (Å²) in [4.78, 5) is 0.753. The third kappa shape index (κ3) is 1.53. The van der Waals surface area contributed by atoms with Gasteiger partial charge in [-0.1, -0.05) is 4.49 Å². The van der Waals surface area contributed by atoms with Crippen molar-refractivity contribution in [2.45, 2.75) is 13.0 Å². The van der Waals surface area contributed by atoms with Gasteiger partial charge in [0.05, 0.1) is 16.3 Å². The molecule has 0 spiro atoms. The molecule has 2 aromatic heterocycles. The van der Waals surface area contributed by atoms with E-state index < -0.39 is 6.10 Å². The average molecular weight is 210 g/mol. The van der Waals surface area contributed by atoms with Crippen LogP contribution in [0.25, 0.3) is 0 Å². The second-order valence-electron chi connectivity index (χ2n) is 3.04. The number of aliphatic hydroxyl groups is 1. The Kier molecular flexibility index (Phi) is 2.30. The second-order valence-corrected chi connectivity index (χ2v) is 3.83. The van der Waals surface area contributed by atoms with Crippen LogP contribution in [0.3, 0.4) is 0 Å². The van der Waals surface area contributed by atoms with Crippen molar-refractivity contribution in [1.82, 2.24) is 19.4 Å². The minimum absolute atomic E-state index is 0.627. The highest BCUT2D eigenvalue weighted by Gasteiger charge is 2.18. The lowest BCUT2D eigenvalue weighted by atomic mass is 10.2. The molecule has 0 fully saturated rings. The molecule has 0 radical (unpaired) electrons. The van der Waals surface area contributed by atoms with Gasteiger partial charge in [0.1, 0.15) is 6.10 Å². The average Bonchev–Trinajstić information content (AvgIpc) is 2.73. The lowest BCUT2D eigenvalue weighted by Gasteiger charge is -2.03. The van der Waals surface area contributed by atoms with Gasteiger partial charge >= 0.3 is 0 Å². The van der Waals surface area contributed by atoms with Crippen molar-refractivity contribution < 1.29 is 5.11 Å². The zero-order valence-corrected chi connectivity index (χ0v) is 8.69. The molecule has 2 rings (SSSR count). The predicted octanol–water partition coefficient (Wildman–Crippen LogP) is 0.662. The highest BCUT2D eigenvalue weighted by atomic mass is 32.1. The Hall–Kier alpha value is -1.27. The highest BCUT2D eigenvalue weighted by molar-refractivity contribution is 7.05. The Morgan fingerprint density at radius 1 is 1.57 bits per heavy atom. The van der Waals surface area contributed by atoms with Crippen LogP contribution in [0.15, 0.2) is 12.3 Å². The number of aliphatic hydroxyl groups excluding tert-OH is 1. The Labute approximate surface area is 85.2 Å². The van der Waals surface area contributed by atoms with Crippen molar-refractivity contribution in [2.75, 3.05) is 0 Å². The van der Waals surface area contributed by atoms with Crippen LogP contribution in [0.2, 0.25) is 0 Å². The normalized spacial score (nSPS) is 13.1. The fraction of sp³-hybridized carbons (Fsp3) is 0.375. The number of hydrogen-bond acceptors (Lipinski definition) is 5. The molecule has 0 aliphatic rings. The van der Waals surface area contributed by atoms with Crippen LogP contribution in [0.1, 0.15) is 22.4 Å². The first-order valence-electron chi connectivity index (χ1n) is 4.15. The fourth-order valence-corrected chi connectivity index (χ4v) is 1.85. The van der Waals surface area contributed by atoms with E-state index in [1.54, 1.807) is 16.9 Å². The molecular weight excluding hydrogens is 200 g/mol. The van der Waals surface area contributed by atoms with Gasteiger partial charge < -0.3 is 5.11 Å². The molecule has 1 atom stereocenters. The molecule has 2 heterocycles. The Morgan fingerprint density at radius 3 is 2.86 bits per heavy atom. The second kappa shape index (κ2) is 3.47. The molecule has 5 nitrogen and oxygen atoms in total. The largest absolute Gasteiger partial charge is 0.381 e. The van der Waals surface area contributed by atoms with Crippen molar-refractivity contribution in [3.8, 4) is 0 Å². The molecule has 14 heavy (non-hydrogen) atoms. The van der Waals surface area contributed by atoms with E-state index in [1.807, 2.05) is 14.0 Å². The van der Waals surface area contributed by atoms with E-state index in [-0.39, 0.29) is 0 Å². The van der Waals surface area contributed by atoms with Crippen molar-refractivity contribution in [3.05, 3.63) is 28.5 Å². The monoisotopic (exact) mass is 210 g/mol. The van der Waals surface area contributed by atoms with Crippen molar-refractivity contribution in [2.24, 2.45) is 7.05 Å². The van der Waals surface area contributed by atoms with Crippen LogP contribution in [0, 0.1) is 6.92 Å². The molecule has 0 amide bonds. The quantitative estimate of drug-likeness (QED) is 0.791. The summed E-state index contributed by atoms with van der Waals surface area (Å²) in [6, 6.07) is 1.78. The summed E-state index contributed by atoms with van der Waals surface area (Å²) in [5, 5.41) is 17.9. The van der Waals surface area contributed by atoms with E-state index in [9.17, 15) is 5.11 Å². The van der Waals surface area contributed by atoms with Gasteiger partial charge in [-0.2, -0.15) is 5.10 Å². The van der Waals surface area contributed by atoms with Crippen LogP contribution >= 0.6 is 11.5 Å². The first-order valence-corrected chi connectivity index (χ1v) is 4.92. The molecule has 1 N–H and O–H groups in total. The van der Waals surface area contributed by atoms with Crippen molar-refractivity contribution >= 4 is 11.5 Å². The van der Waals surface area contributed by atoms with E-state index in [2.05, 4.69) is 14.7 Å². The number of aromatic nitrogens is 4. The molecule has 2 aromatic rings. The molecule has 0 aliphatic heterocycles. The summed E-state index contributed by atoms with van der Waals surface area (Å²) in [6.45, 7) is 1.82. The highest BCUT2D eigenvalue weighted by Crippen LogP contribution is 2.24. The van der Waals surface area contributed by atoms with E-state index in [0.29, 0.717) is 5.69 Å². The lowest BCUT2D eigenvalue weighted by molar-refractivity contribution is 0.217. The standard InChI is InChI=1S/C8H10N4OS/c1-5-8(14-11-9-5)7(13)6-3-4-12(2)10-6/h3-4,7,13H,1-2H3. The lowest BCUT2D eigenvalue weighted by Crippen LogP contribution is -2.01. The first-order chi connectivity index (χ1) is 6.68. The molecule has 6 heteroatoms. The maximum Gasteiger partial charge on any atom is 0.135 e. The van der Waals surface area contributed by atoms with Gasteiger partial charge in [0.2, 0.25) is 0 Å². The number of hydrogen-bond donors (Lipinski definition) is 1. The first kappa shape index (κ1) is 9.29. The maximum atomic E-state index is 9.93. The van der Waals surface area contributed by atoms with E-state index in [1.165, 1.54) is 11.5 Å². The predicted molar refractivity (Wildman–Crippen MR) is 51.9 cm³/mol. The van der Waals surface area contributed by atoms with Gasteiger partial charge in [-0.05, 0) is 24.5 Å². The maximum absolute atomic E-state index is 9.93. The SMILES string of the molecule is Cc1nnsc1C(O)c1ccn(C)n1. The van der Waals surface area contributed by atoms with Gasteiger partial charge in [-0.25, -0.2) is 0 Å². The number of rotatable bonds is 2. The molecule has 0 bridgehead atoms. The summed E-state index contributed by atoms with van der Waals surface area (Å²) in [5.41, 5.74) is 1.38. The molecule has 0 saturated heterocycles. The summed E-state index contributed by atoms with van der Waals surface area (Å²) >= 11 is 1.20. The zero-order chi connectivity index (χ0) is 10.1. The van der Waals surface area contributed by atoms with E-state index >= 15 is 0 Å². The van der Waals surface area contributed by atoms with Crippen LogP contribution in [0.4, 0.5) is 0 Å². The van der Waals surface area contributed by atoms with Crippen LogP contribution in [0.5, 0.6) is 0 Å². The topological polar surface area (TPSA) is 63.8 Å². The van der Waals surface area contributed by atoms with Crippen LogP contribution in [-0.4, -0.2) is 24.5 Å².